The van der Waals surface area contributed by atoms with Crippen LogP contribution in [0, 0.1) is 0 Å². The maximum Gasteiger partial charge on any atom is 0.242 e. The van der Waals surface area contributed by atoms with Gasteiger partial charge in [0.15, 0.2) is 5.17 Å². The molecule has 0 unspecified atom stereocenters. The standard InChI is InChI=1S/C21H24N2O3S/c1-4-23-20(24)19(14-15-8-6-7-9-18(15)26-5-2)27-21(23)22-16-10-12-17(25-3)13-11-16/h6-13,19H,4-5,14H2,1-3H3/t19-/m0/s1. The summed E-state index contributed by atoms with van der Waals surface area (Å²) < 4.78 is 10.9. The van der Waals surface area contributed by atoms with Gasteiger partial charge in [-0.1, -0.05) is 30.0 Å². The fraction of sp³-hybridized carbons (Fsp3) is 0.333. The molecule has 0 spiro atoms. The van der Waals surface area contributed by atoms with Crippen LogP contribution in [0.25, 0.3) is 0 Å². The summed E-state index contributed by atoms with van der Waals surface area (Å²) in [6.45, 7) is 5.14. The minimum Gasteiger partial charge on any atom is -0.497 e. The summed E-state index contributed by atoms with van der Waals surface area (Å²) in [4.78, 5) is 19.3. The van der Waals surface area contributed by atoms with Gasteiger partial charge in [-0.3, -0.25) is 9.69 Å². The Hall–Kier alpha value is -2.47. The number of aliphatic imine (C=N–C) groups is 1. The Morgan fingerprint density at radius 2 is 1.85 bits per heavy atom. The molecule has 2 aromatic carbocycles. The molecule has 0 N–H and O–H groups in total. The van der Waals surface area contributed by atoms with Gasteiger partial charge in [0.25, 0.3) is 0 Å². The number of amides is 1. The van der Waals surface area contributed by atoms with E-state index in [1.165, 1.54) is 11.8 Å². The summed E-state index contributed by atoms with van der Waals surface area (Å²) in [6.07, 6.45) is 0.623. The number of amidine groups is 1. The van der Waals surface area contributed by atoms with Gasteiger partial charge in [0, 0.05) is 6.54 Å². The zero-order valence-corrected chi connectivity index (χ0v) is 16.7. The Kier molecular flexibility index (Phi) is 6.40. The van der Waals surface area contributed by atoms with Crippen LogP contribution < -0.4 is 9.47 Å². The van der Waals surface area contributed by atoms with Gasteiger partial charge in [0.1, 0.15) is 11.5 Å². The number of hydrogen-bond donors (Lipinski definition) is 0. The number of para-hydroxylation sites is 1. The fourth-order valence-corrected chi connectivity index (χ4v) is 4.20. The molecule has 3 rings (SSSR count). The lowest BCUT2D eigenvalue weighted by Crippen LogP contribution is -2.32. The largest absolute Gasteiger partial charge is 0.497 e. The minimum atomic E-state index is -0.191. The Bertz CT molecular complexity index is 820. The monoisotopic (exact) mass is 384 g/mol. The SMILES string of the molecule is CCOc1ccccc1C[C@@H]1SC(=Nc2ccc(OC)cc2)N(CC)C1=O. The number of methoxy groups -OCH3 is 1. The number of hydrogen-bond acceptors (Lipinski definition) is 5. The summed E-state index contributed by atoms with van der Waals surface area (Å²) in [6, 6.07) is 15.4. The van der Waals surface area contributed by atoms with Crippen molar-refractivity contribution < 1.29 is 14.3 Å². The van der Waals surface area contributed by atoms with Gasteiger partial charge in [0.05, 0.1) is 24.7 Å². The lowest BCUT2D eigenvalue weighted by Gasteiger charge is -2.14. The van der Waals surface area contributed by atoms with E-state index in [1.54, 1.807) is 12.0 Å². The molecule has 1 atom stereocenters. The second-order valence-electron chi connectivity index (χ2n) is 6.03. The van der Waals surface area contributed by atoms with Crippen molar-refractivity contribution >= 4 is 28.5 Å². The molecule has 1 heterocycles. The number of carbonyl (C=O) groups excluding carboxylic acids is 1. The molecule has 142 valence electrons. The van der Waals surface area contributed by atoms with Crippen LogP contribution in [0.1, 0.15) is 19.4 Å². The van der Waals surface area contributed by atoms with Crippen molar-refractivity contribution in [2.24, 2.45) is 4.99 Å². The number of thioether (sulfide) groups is 1. The van der Waals surface area contributed by atoms with E-state index in [1.807, 2.05) is 62.4 Å². The lowest BCUT2D eigenvalue weighted by atomic mass is 10.1. The smallest absolute Gasteiger partial charge is 0.242 e. The number of ether oxygens (including phenoxy) is 2. The van der Waals surface area contributed by atoms with E-state index < -0.39 is 0 Å². The minimum absolute atomic E-state index is 0.0982. The molecule has 6 heteroatoms. The quantitative estimate of drug-likeness (QED) is 0.715. The van der Waals surface area contributed by atoms with Crippen LogP contribution in [0.5, 0.6) is 11.5 Å². The highest BCUT2D eigenvalue weighted by atomic mass is 32.2. The summed E-state index contributed by atoms with van der Waals surface area (Å²) >= 11 is 1.52. The van der Waals surface area contributed by atoms with Gasteiger partial charge in [-0.05, 0) is 56.2 Å². The summed E-state index contributed by atoms with van der Waals surface area (Å²) in [5.41, 5.74) is 1.85. The predicted octanol–water partition coefficient (Wildman–Crippen LogP) is 4.29. The van der Waals surface area contributed by atoms with Gasteiger partial charge < -0.3 is 9.47 Å². The molecule has 0 saturated carbocycles. The maximum atomic E-state index is 12.9. The molecule has 1 amide bonds. The highest BCUT2D eigenvalue weighted by Gasteiger charge is 2.37. The predicted molar refractivity (Wildman–Crippen MR) is 110 cm³/mol. The lowest BCUT2D eigenvalue weighted by molar-refractivity contribution is -0.126. The summed E-state index contributed by atoms with van der Waals surface area (Å²) in [5, 5.41) is 0.551. The van der Waals surface area contributed by atoms with E-state index in [4.69, 9.17) is 9.47 Å². The zero-order valence-electron chi connectivity index (χ0n) is 15.8. The Balaban J connectivity index is 1.81. The molecule has 1 aliphatic heterocycles. The maximum absolute atomic E-state index is 12.9. The first-order valence-corrected chi connectivity index (χ1v) is 9.95. The normalized spacial score (nSPS) is 18.2. The topological polar surface area (TPSA) is 51.1 Å². The fourth-order valence-electron chi connectivity index (χ4n) is 2.95. The molecule has 1 saturated heterocycles. The molecule has 0 aromatic heterocycles. The number of nitrogens with zero attached hydrogens (tertiary/aromatic N) is 2. The van der Waals surface area contributed by atoms with Crippen molar-refractivity contribution in [1.82, 2.24) is 4.90 Å². The van der Waals surface area contributed by atoms with Crippen LogP contribution in [0.15, 0.2) is 53.5 Å². The average Bonchev–Trinajstić information content (AvgIpc) is 2.98. The third-order valence-corrected chi connectivity index (χ3v) is 5.49. The van der Waals surface area contributed by atoms with Crippen molar-refractivity contribution in [1.29, 1.82) is 0 Å². The molecule has 0 bridgehead atoms. The molecule has 27 heavy (non-hydrogen) atoms. The molecule has 5 nitrogen and oxygen atoms in total. The van der Waals surface area contributed by atoms with Gasteiger partial charge in [0.2, 0.25) is 5.91 Å². The van der Waals surface area contributed by atoms with Gasteiger partial charge in [-0.25, -0.2) is 4.99 Å². The molecule has 1 aliphatic rings. The molecule has 0 radical (unpaired) electrons. The van der Waals surface area contributed by atoms with Crippen LogP contribution in [-0.2, 0) is 11.2 Å². The average molecular weight is 385 g/mol. The number of rotatable bonds is 7. The zero-order chi connectivity index (χ0) is 19.2. The molecule has 1 fully saturated rings. The summed E-state index contributed by atoms with van der Waals surface area (Å²) in [5.74, 6) is 1.73. The molecule has 2 aromatic rings. The van der Waals surface area contributed by atoms with Crippen molar-refractivity contribution in [3.63, 3.8) is 0 Å². The highest BCUT2D eigenvalue weighted by molar-refractivity contribution is 8.15. The second-order valence-corrected chi connectivity index (χ2v) is 7.20. The van der Waals surface area contributed by atoms with Crippen LogP contribution in [0.3, 0.4) is 0 Å². The highest BCUT2D eigenvalue weighted by Crippen LogP contribution is 2.33. The molecular formula is C21H24N2O3S. The van der Waals surface area contributed by atoms with Gasteiger partial charge >= 0.3 is 0 Å². The van der Waals surface area contributed by atoms with Crippen molar-refractivity contribution in [3.8, 4) is 11.5 Å². The Morgan fingerprint density at radius 1 is 1.11 bits per heavy atom. The summed E-state index contributed by atoms with van der Waals surface area (Å²) in [7, 11) is 1.63. The van der Waals surface area contributed by atoms with E-state index in [0.717, 1.165) is 27.9 Å². The van der Waals surface area contributed by atoms with Crippen LogP contribution in [-0.4, -0.2) is 41.5 Å². The van der Waals surface area contributed by atoms with Crippen LogP contribution in [0.2, 0.25) is 0 Å². The molecule has 0 aliphatic carbocycles. The van der Waals surface area contributed by atoms with Crippen molar-refractivity contribution in [3.05, 3.63) is 54.1 Å². The van der Waals surface area contributed by atoms with E-state index in [9.17, 15) is 4.79 Å². The first kappa shape index (κ1) is 19.3. The Labute approximate surface area is 164 Å². The second kappa shape index (κ2) is 8.95. The van der Waals surface area contributed by atoms with Crippen LogP contribution >= 0.6 is 11.8 Å². The third kappa shape index (κ3) is 4.45. The first-order valence-electron chi connectivity index (χ1n) is 9.07. The number of carbonyl (C=O) groups is 1. The third-order valence-electron chi connectivity index (χ3n) is 4.31. The first-order chi connectivity index (χ1) is 13.2. The van der Waals surface area contributed by atoms with Crippen molar-refractivity contribution in [2.45, 2.75) is 25.5 Å². The molecular weight excluding hydrogens is 360 g/mol. The van der Waals surface area contributed by atoms with Gasteiger partial charge in [-0.15, -0.1) is 0 Å². The van der Waals surface area contributed by atoms with Gasteiger partial charge in [-0.2, -0.15) is 0 Å². The van der Waals surface area contributed by atoms with E-state index >= 15 is 0 Å². The van der Waals surface area contributed by atoms with E-state index in [2.05, 4.69) is 4.99 Å². The Morgan fingerprint density at radius 3 is 2.52 bits per heavy atom. The van der Waals surface area contributed by atoms with E-state index in [-0.39, 0.29) is 11.2 Å². The van der Waals surface area contributed by atoms with Crippen LogP contribution in [0.4, 0.5) is 5.69 Å². The number of benzene rings is 2. The van der Waals surface area contributed by atoms with E-state index in [0.29, 0.717) is 19.6 Å². The van der Waals surface area contributed by atoms with Crippen molar-refractivity contribution in [2.75, 3.05) is 20.3 Å².